The molecule has 0 aliphatic carbocycles. The van der Waals surface area contributed by atoms with E-state index in [0.29, 0.717) is 0 Å². The lowest BCUT2D eigenvalue weighted by Gasteiger charge is -2.49. The van der Waals surface area contributed by atoms with E-state index in [0.717, 1.165) is 12.2 Å². The van der Waals surface area contributed by atoms with Crippen LogP contribution in [-0.2, 0) is 12.0 Å². The highest BCUT2D eigenvalue weighted by Gasteiger charge is 2.48. The summed E-state index contributed by atoms with van der Waals surface area (Å²) in [6.45, 7) is 11.2. The van der Waals surface area contributed by atoms with Crippen LogP contribution in [0.2, 0.25) is 0 Å². The summed E-state index contributed by atoms with van der Waals surface area (Å²) in [5, 5.41) is 0. The number of hydrogen-bond donors (Lipinski definition) is 0. The van der Waals surface area contributed by atoms with E-state index in [1.54, 1.807) is 0 Å². The summed E-state index contributed by atoms with van der Waals surface area (Å²) in [5.41, 5.74) is 5.02. The minimum Gasteiger partial charge on any atom is -0.482 e. The summed E-state index contributed by atoms with van der Waals surface area (Å²) in [5.74, 6) is 1.03. The van der Waals surface area contributed by atoms with Crippen LogP contribution in [0.5, 0.6) is 5.75 Å². The lowest BCUT2D eigenvalue weighted by atomic mass is 9.66. The van der Waals surface area contributed by atoms with Gasteiger partial charge in [-0.2, -0.15) is 0 Å². The molecule has 1 aliphatic rings. The van der Waals surface area contributed by atoms with Gasteiger partial charge in [0.1, 0.15) is 11.4 Å². The Labute approximate surface area is 128 Å². The Morgan fingerprint density at radius 1 is 0.905 bits per heavy atom. The lowest BCUT2D eigenvalue weighted by molar-refractivity contribution is -0.0491. The molecule has 0 radical (unpaired) electrons. The van der Waals surface area contributed by atoms with E-state index in [-0.39, 0.29) is 11.0 Å². The molecule has 1 aliphatic heterocycles. The molecule has 0 saturated heterocycles. The minimum atomic E-state index is -0.308. The topological polar surface area (TPSA) is 9.23 Å². The average Bonchev–Trinajstić information content (AvgIpc) is 2.42. The fourth-order valence-corrected chi connectivity index (χ4v) is 3.44. The number of benzene rings is 2. The van der Waals surface area contributed by atoms with Gasteiger partial charge in [-0.1, -0.05) is 50.2 Å². The van der Waals surface area contributed by atoms with Crippen LogP contribution in [0, 0.1) is 19.3 Å². The van der Waals surface area contributed by atoms with Crippen LogP contribution in [0.25, 0.3) is 0 Å². The van der Waals surface area contributed by atoms with E-state index in [9.17, 15) is 0 Å². The van der Waals surface area contributed by atoms with Gasteiger partial charge in [0, 0.05) is 5.41 Å². The second-order valence-corrected chi connectivity index (χ2v) is 7.05. The highest BCUT2D eigenvalue weighted by atomic mass is 16.5. The van der Waals surface area contributed by atoms with Gasteiger partial charge in [-0.05, 0) is 55.5 Å². The summed E-state index contributed by atoms with van der Waals surface area (Å²) in [7, 11) is 0. The number of hydrogen-bond acceptors (Lipinski definition) is 1. The van der Waals surface area contributed by atoms with Crippen molar-refractivity contribution in [2.75, 3.05) is 0 Å². The first-order chi connectivity index (χ1) is 9.85. The molecular formula is C20H24O. The Hall–Kier alpha value is -1.76. The first kappa shape index (κ1) is 14.2. The second kappa shape index (κ2) is 4.62. The Balaban J connectivity index is 2.18. The Bertz CT molecular complexity index is 684. The van der Waals surface area contributed by atoms with Gasteiger partial charge in [0.15, 0.2) is 0 Å². The number of rotatable bonds is 1. The highest BCUT2D eigenvalue weighted by Crippen LogP contribution is 2.51. The zero-order chi connectivity index (χ0) is 15.3. The molecular weight excluding hydrogens is 256 g/mol. The molecule has 0 spiro atoms. The van der Waals surface area contributed by atoms with Gasteiger partial charge in [0.2, 0.25) is 0 Å². The smallest absolute Gasteiger partial charge is 0.137 e. The molecule has 0 bridgehead atoms. The van der Waals surface area contributed by atoms with Gasteiger partial charge in [0.05, 0.1) is 0 Å². The number of fused-ring (bicyclic) bond motifs is 1. The number of aryl methyl sites for hydroxylation is 1. The number of para-hydroxylation sites is 1. The molecule has 1 atom stereocenters. The lowest BCUT2D eigenvalue weighted by Crippen LogP contribution is -2.49. The van der Waals surface area contributed by atoms with Crippen molar-refractivity contribution in [3.05, 3.63) is 64.7 Å². The quantitative estimate of drug-likeness (QED) is 0.699. The van der Waals surface area contributed by atoms with Crippen LogP contribution in [0.15, 0.2) is 42.5 Å². The molecule has 1 heteroatoms. The normalized spacial score (nSPS) is 23.3. The SMILES string of the molecule is Cc1cccc(C2(C)Oc3ccccc3CC2(C)C)c1C. The van der Waals surface area contributed by atoms with Crippen molar-refractivity contribution in [3.8, 4) is 5.75 Å². The molecule has 0 amide bonds. The van der Waals surface area contributed by atoms with E-state index < -0.39 is 0 Å². The van der Waals surface area contributed by atoms with Crippen molar-refractivity contribution in [3.63, 3.8) is 0 Å². The van der Waals surface area contributed by atoms with Gasteiger partial charge in [0.25, 0.3) is 0 Å². The minimum absolute atomic E-state index is 0.0416. The standard InChI is InChI=1S/C20H24O/c1-14-9-8-11-17(15(14)2)20(5)19(3,4)13-16-10-6-7-12-18(16)21-20/h6-12H,13H2,1-5H3. The summed E-state index contributed by atoms with van der Waals surface area (Å²) in [4.78, 5) is 0. The average molecular weight is 280 g/mol. The van der Waals surface area contributed by atoms with Crippen molar-refractivity contribution in [2.45, 2.75) is 46.6 Å². The maximum Gasteiger partial charge on any atom is 0.137 e. The zero-order valence-electron chi connectivity index (χ0n) is 13.7. The Morgan fingerprint density at radius 2 is 1.62 bits per heavy atom. The van der Waals surface area contributed by atoms with Gasteiger partial charge in [-0.25, -0.2) is 0 Å². The van der Waals surface area contributed by atoms with Crippen molar-refractivity contribution in [1.29, 1.82) is 0 Å². The molecule has 1 nitrogen and oxygen atoms in total. The van der Waals surface area contributed by atoms with E-state index in [1.165, 1.54) is 22.3 Å². The molecule has 1 heterocycles. The van der Waals surface area contributed by atoms with Crippen molar-refractivity contribution < 1.29 is 4.74 Å². The Kier molecular flexibility index (Phi) is 3.12. The first-order valence-electron chi connectivity index (χ1n) is 7.69. The molecule has 0 aromatic heterocycles. The van der Waals surface area contributed by atoms with E-state index in [1.807, 2.05) is 0 Å². The molecule has 110 valence electrons. The second-order valence-electron chi connectivity index (χ2n) is 7.05. The molecule has 1 unspecified atom stereocenters. The zero-order valence-corrected chi connectivity index (χ0v) is 13.7. The third kappa shape index (κ3) is 2.07. The van der Waals surface area contributed by atoms with E-state index >= 15 is 0 Å². The maximum absolute atomic E-state index is 6.56. The van der Waals surface area contributed by atoms with Crippen LogP contribution in [0.4, 0.5) is 0 Å². The summed E-state index contributed by atoms with van der Waals surface area (Å²) >= 11 is 0. The van der Waals surface area contributed by atoms with Crippen LogP contribution < -0.4 is 4.74 Å². The molecule has 2 aromatic rings. The molecule has 21 heavy (non-hydrogen) atoms. The molecule has 0 N–H and O–H groups in total. The summed E-state index contributed by atoms with van der Waals surface area (Å²) in [6.07, 6.45) is 1.03. The van der Waals surface area contributed by atoms with Crippen LogP contribution in [0.3, 0.4) is 0 Å². The van der Waals surface area contributed by atoms with Gasteiger partial charge >= 0.3 is 0 Å². The number of ether oxygens (including phenoxy) is 1. The predicted octanol–water partition coefficient (Wildman–Crippen LogP) is 5.18. The van der Waals surface area contributed by atoms with E-state index in [4.69, 9.17) is 4.74 Å². The summed E-state index contributed by atoms with van der Waals surface area (Å²) in [6, 6.07) is 15.0. The predicted molar refractivity (Wildman–Crippen MR) is 87.8 cm³/mol. The summed E-state index contributed by atoms with van der Waals surface area (Å²) < 4.78 is 6.56. The first-order valence-corrected chi connectivity index (χ1v) is 7.69. The third-order valence-corrected chi connectivity index (χ3v) is 5.33. The van der Waals surface area contributed by atoms with Gasteiger partial charge in [-0.3, -0.25) is 0 Å². The van der Waals surface area contributed by atoms with Crippen LogP contribution in [-0.4, -0.2) is 0 Å². The van der Waals surface area contributed by atoms with Crippen molar-refractivity contribution in [1.82, 2.24) is 0 Å². The van der Waals surface area contributed by atoms with Crippen molar-refractivity contribution in [2.24, 2.45) is 5.41 Å². The van der Waals surface area contributed by atoms with Crippen LogP contribution in [0.1, 0.15) is 43.0 Å². The van der Waals surface area contributed by atoms with Gasteiger partial charge < -0.3 is 4.74 Å². The Morgan fingerprint density at radius 3 is 2.38 bits per heavy atom. The fourth-order valence-electron chi connectivity index (χ4n) is 3.44. The molecule has 3 rings (SSSR count). The van der Waals surface area contributed by atoms with Crippen molar-refractivity contribution >= 4 is 0 Å². The largest absolute Gasteiger partial charge is 0.482 e. The van der Waals surface area contributed by atoms with E-state index in [2.05, 4.69) is 77.1 Å². The van der Waals surface area contributed by atoms with Crippen LogP contribution >= 0.6 is 0 Å². The molecule has 0 saturated carbocycles. The monoisotopic (exact) mass is 280 g/mol. The van der Waals surface area contributed by atoms with Gasteiger partial charge in [-0.15, -0.1) is 0 Å². The highest BCUT2D eigenvalue weighted by molar-refractivity contribution is 5.44. The molecule has 0 fully saturated rings. The maximum atomic E-state index is 6.56. The molecule has 2 aromatic carbocycles. The fraction of sp³-hybridized carbons (Fsp3) is 0.400. The third-order valence-electron chi connectivity index (χ3n) is 5.33.